The van der Waals surface area contributed by atoms with Crippen LogP contribution in [0.25, 0.3) is 0 Å². The van der Waals surface area contributed by atoms with Crippen LogP contribution in [0.1, 0.15) is 71.1 Å². The van der Waals surface area contributed by atoms with E-state index < -0.39 is 0 Å². The van der Waals surface area contributed by atoms with E-state index in [0.717, 1.165) is 18.4 Å². The average molecular weight is 247 g/mol. The van der Waals surface area contributed by atoms with Gasteiger partial charge >= 0.3 is 0 Å². The highest BCUT2D eigenvalue weighted by atomic mass is 16.3. The molecule has 0 aliphatic carbocycles. The minimum Gasteiger partial charge on any atom is -0.290 e. The Morgan fingerprint density at radius 2 is 1.44 bits per heavy atom. The SMILES string of the molecule is CCC(C)(C)c1ccc([O])c(C(C)(C)CC)c1C. The lowest BCUT2D eigenvalue weighted by molar-refractivity contribution is 0.334. The van der Waals surface area contributed by atoms with Gasteiger partial charge in [0, 0.05) is 5.56 Å². The van der Waals surface area contributed by atoms with Crippen LogP contribution in [-0.2, 0) is 15.9 Å². The van der Waals surface area contributed by atoms with E-state index in [4.69, 9.17) is 0 Å². The van der Waals surface area contributed by atoms with Crippen LogP contribution in [0.5, 0.6) is 5.75 Å². The fourth-order valence-electron chi connectivity index (χ4n) is 2.63. The Morgan fingerprint density at radius 3 is 1.89 bits per heavy atom. The maximum atomic E-state index is 12.2. The summed E-state index contributed by atoms with van der Waals surface area (Å²) < 4.78 is 0. The molecule has 101 valence electrons. The van der Waals surface area contributed by atoms with E-state index in [9.17, 15) is 5.11 Å². The molecule has 18 heavy (non-hydrogen) atoms. The largest absolute Gasteiger partial charge is 0.290 e. The summed E-state index contributed by atoms with van der Waals surface area (Å²) in [6.45, 7) is 15.3. The predicted molar refractivity (Wildman–Crippen MR) is 77.9 cm³/mol. The lowest BCUT2D eigenvalue weighted by Crippen LogP contribution is -2.22. The first-order valence-electron chi connectivity index (χ1n) is 6.99. The van der Waals surface area contributed by atoms with Gasteiger partial charge < -0.3 is 0 Å². The average Bonchev–Trinajstić information content (AvgIpc) is 2.28. The van der Waals surface area contributed by atoms with Gasteiger partial charge in [-0.2, -0.15) is 0 Å². The van der Waals surface area contributed by atoms with Gasteiger partial charge in [-0.25, -0.2) is 0 Å². The van der Waals surface area contributed by atoms with Gasteiger partial charge in [0.15, 0.2) is 5.75 Å². The van der Waals surface area contributed by atoms with Gasteiger partial charge in [0.25, 0.3) is 0 Å². The van der Waals surface area contributed by atoms with Crippen molar-refractivity contribution in [3.63, 3.8) is 0 Å². The maximum Gasteiger partial charge on any atom is 0.182 e. The molecule has 0 amide bonds. The molecule has 1 nitrogen and oxygen atoms in total. The fourth-order valence-corrected chi connectivity index (χ4v) is 2.63. The third-order valence-electron chi connectivity index (χ3n) is 4.60. The Labute approximate surface area is 112 Å². The third kappa shape index (κ3) is 2.55. The molecule has 1 aromatic carbocycles. The maximum absolute atomic E-state index is 12.2. The van der Waals surface area contributed by atoms with E-state index >= 15 is 0 Å². The zero-order chi connectivity index (χ0) is 14.1. The second kappa shape index (κ2) is 4.95. The van der Waals surface area contributed by atoms with Gasteiger partial charge in [0.05, 0.1) is 0 Å². The smallest absolute Gasteiger partial charge is 0.182 e. The Hall–Kier alpha value is -0.980. The van der Waals surface area contributed by atoms with Gasteiger partial charge in [-0.15, -0.1) is 0 Å². The molecule has 0 spiro atoms. The monoisotopic (exact) mass is 247 g/mol. The molecule has 0 aliphatic rings. The molecule has 0 saturated heterocycles. The quantitative estimate of drug-likeness (QED) is 0.668. The van der Waals surface area contributed by atoms with Crippen molar-refractivity contribution >= 4 is 0 Å². The molecule has 0 unspecified atom stereocenters. The Morgan fingerprint density at radius 1 is 0.944 bits per heavy atom. The number of benzene rings is 1. The summed E-state index contributed by atoms with van der Waals surface area (Å²) >= 11 is 0. The van der Waals surface area contributed by atoms with Crippen molar-refractivity contribution in [3.8, 4) is 5.75 Å². The lowest BCUT2D eigenvalue weighted by atomic mass is 9.73. The highest BCUT2D eigenvalue weighted by Crippen LogP contribution is 2.41. The van der Waals surface area contributed by atoms with E-state index in [1.807, 2.05) is 6.07 Å². The molecule has 1 radical (unpaired) electrons. The van der Waals surface area contributed by atoms with Crippen molar-refractivity contribution in [1.29, 1.82) is 0 Å². The topological polar surface area (TPSA) is 19.9 Å². The zero-order valence-electron chi connectivity index (χ0n) is 13.0. The molecular weight excluding hydrogens is 220 g/mol. The van der Waals surface area contributed by atoms with E-state index in [1.165, 1.54) is 11.1 Å². The van der Waals surface area contributed by atoms with Gasteiger partial charge in [-0.3, -0.25) is 5.11 Å². The zero-order valence-corrected chi connectivity index (χ0v) is 13.0. The van der Waals surface area contributed by atoms with Crippen LogP contribution >= 0.6 is 0 Å². The van der Waals surface area contributed by atoms with E-state index in [0.29, 0.717) is 0 Å². The van der Waals surface area contributed by atoms with E-state index in [1.54, 1.807) is 6.07 Å². The van der Waals surface area contributed by atoms with E-state index in [2.05, 4.69) is 48.5 Å². The lowest BCUT2D eigenvalue weighted by Gasteiger charge is -2.31. The first-order chi connectivity index (χ1) is 8.17. The summed E-state index contributed by atoms with van der Waals surface area (Å²) in [5.41, 5.74) is 3.61. The molecular formula is C17H27O. The van der Waals surface area contributed by atoms with Crippen LogP contribution in [-0.4, -0.2) is 0 Å². The van der Waals surface area contributed by atoms with Gasteiger partial charge in [-0.1, -0.05) is 47.6 Å². The molecule has 1 heteroatoms. The van der Waals surface area contributed by atoms with Crippen molar-refractivity contribution in [1.82, 2.24) is 0 Å². The van der Waals surface area contributed by atoms with Crippen LogP contribution in [0.3, 0.4) is 0 Å². The van der Waals surface area contributed by atoms with Crippen molar-refractivity contribution in [2.45, 2.75) is 72.1 Å². The second-order valence-electron chi connectivity index (χ2n) is 6.59. The number of hydrogen-bond acceptors (Lipinski definition) is 0. The fraction of sp³-hybridized carbons (Fsp3) is 0.647. The normalized spacial score (nSPS) is 12.8. The highest BCUT2D eigenvalue weighted by molar-refractivity contribution is 5.49. The molecule has 1 aromatic rings. The standard InChI is InChI=1S/C17H27O/c1-8-16(4,5)13-10-11-14(18)15(12(13)3)17(6,7)9-2/h10-11H,8-9H2,1-7H3. The summed E-state index contributed by atoms with van der Waals surface area (Å²) in [7, 11) is 0. The number of rotatable bonds is 4. The highest BCUT2D eigenvalue weighted by Gasteiger charge is 2.29. The van der Waals surface area contributed by atoms with Gasteiger partial charge in [-0.05, 0) is 47.8 Å². The van der Waals surface area contributed by atoms with Crippen molar-refractivity contribution in [2.24, 2.45) is 0 Å². The van der Waals surface area contributed by atoms with Crippen LogP contribution < -0.4 is 0 Å². The molecule has 0 saturated carbocycles. The van der Waals surface area contributed by atoms with Crippen LogP contribution in [0.2, 0.25) is 0 Å². The molecule has 1 rings (SSSR count). The first kappa shape index (κ1) is 15.1. The van der Waals surface area contributed by atoms with Gasteiger partial charge in [0.2, 0.25) is 0 Å². The summed E-state index contributed by atoms with van der Waals surface area (Å²) in [6, 6.07) is 3.78. The minimum absolute atomic E-state index is 0.0407. The third-order valence-corrected chi connectivity index (χ3v) is 4.60. The van der Waals surface area contributed by atoms with Crippen LogP contribution in [0.15, 0.2) is 12.1 Å². The van der Waals surface area contributed by atoms with Crippen LogP contribution in [0.4, 0.5) is 0 Å². The Bertz CT molecular complexity index is 427. The molecule has 0 N–H and O–H groups in total. The molecule has 0 aliphatic heterocycles. The van der Waals surface area contributed by atoms with Crippen molar-refractivity contribution in [3.05, 3.63) is 28.8 Å². The summed E-state index contributed by atoms with van der Waals surface area (Å²) in [6.07, 6.45) is 2.07. The van der Waals surface area contributed by atoms with Gasteiger partial charge in [0.1, 0.15) is 0 Å². The predicted octanol–water partition coefficient (Wildman–Crippen LogP) is 5.51. The second-order valence-corrected chi connectivity index (χ2v) is 6.59. The Balaban J connectivity index is 3.51. The number of hydrogen-bond donors (Lipinski definition) is 0. The van der Waals surface area contributed by atoms with Crippen molar-refractivity contribution in [2.75, 3.05) is 0 Å². The van der Waals surface area contributed by atoms with Crippen LogP contribution in [0, 0.1) is 6.92 Å². The first-order valence-corrected chi connectivity index (χ1v) is 6.99. The minimum atomic E-state index is -0.0407. The molecule has 0 heterocycles. The van der Waals surface area contributed by atoms with E-state index in [-0.39, 0.29) is 16.6 Å². The molecule has 0 aromatic heterocycles. The summed E-state index contributed by atoms with van der Waals surface area (Å²) in [5, 5.41) is 12.2. The summed E-state index contributed by atoms with van der Waals surface area (Å²) in [5.74, 6) is 0.190. The molecule has 0 fully saturated rings. The Kier molecular flexibility index (Phi) is 4.15. The summed E-state index contributed by atoms with van der Waals surface area (Å²) in [4.78, 5) is 0. The molecule has 0 bridgehead atoms. The molecule has 0 atom stereocenters. The van der Waals surface area contributed by atoms with Crippen molar-refractivity contribution < 1.29 is 5.11 Å².